The first-order valence-electron chi connectivity index (χ1n) is 7.33. The summed E-state index contributed by atoms with van der Waals surface area (Å²) in [5, 5.41) is 3.87. The van der Waals surface area contributed by atoms with Crippen molar-refractivity contribution in [2.75, 3.05) is 25.7 Å². The Hall–Kier alpha value is -1.95. The fourth-order valence-electron chi connectivity index (χ4n) is 2.43. The van der Waals surface area contributed by atoms with Gasteiger partial charge in [-0.3, -0.25) is 9.69 Å². The molecule has 24 heavy (non-hydrogen) atoms. The van der Waals surface area contributed by atoms with Crippen molar-refractivity contribution in [3.05, 3.63) is 52.0 Å². The molecule has 0 bridgehead atoms. The highest BCUT2D eigenvalue weighted by Gasteiger charge is 2.15. The van der Waals surface area contributed by atoms with E-state index in [0.717, 1.165) is 5.56 Å². The highest BCUT2D eigenvalue weighted by atomic mass is 35.5. The molecule has 2 aromatic rings. The zero-order valence-corrected chi connectivity index (χ0v) is 14.5. The average Bonchev–Trinajstić information content (AvgIpc) is 2.98. The van der Waals surface area contributed by atoms with E-state index in [1.165, 1.54) is 0 Å². The quantitative estimate of drug-likeness (QED) is 0.874. The molecule has 1 aliphatic rings. The monoisotopic (exact) mass is 366 g/mol. The van der Waals surface area contributed by atoms with Gasteiger partial charge in [0.25, 0.3) is 0 Å². The Kier molecular flexibility index (Phi) is 5.14. The van der Waals surface area contributed by atoms with Crippen LogP contribution in [0.2, 0.25) is 10.0 Å². The maximum absolute atomic E-state index is 12.2. The molecule has 1 heterocycles. The second-order valence-electron chi connectivity index (χ2n) is 5.54. The molecule has 126 valence electrons. The van der Waals surface area contributed by atoms with Gasteiger partial charge in [0, 0.05) is 18.3 Å². The number of nitrogens with one attached hydrogen (secondary N) is 1. The number of carbonyl (C=O) groups is 1. The van der Waals surface area contributed by atoms with Gasteiger partial charge in [0.2, 0.25) is 12.7 Å². The van der Waals surface area contributed by atoms with Gasteiger partial charge in [-0.05, 0) is 36.9 Å². The lowest BCUT2D eigenvalue weighted by molar-refractivity contribution is -0.117. The summed E-state index contributed by atoms with van der Waals surface area (Å²) in [6, 6.07) is 10.7. The number of benzene rings is 2. The molecule has 0 saturated heterocycles. The van der Waals surface area contributed by atoms with Crippen molar-refractivity contribution < 1.29 is 14.3 Å². The molecule has 3 rings (SSSR count). The Balaban J connectivity index is 1.55. The Morgan fingerprint density at radius 1 is 1.12 bits per heavy atom. The summed E-state index contributed by atoms with van der Waals surface area (Å²) in [6.45, 7) is 1.04. The standard InChI is InChI=1S/C17H16Cl2N2O3/c1-21(8-11-2-4-13(18)14(19)6-11)9-17(22)20-12-3-5-15-16(7-12)24-10-23-15/h2-7H,8-10H2,1H3,(H,20,22). The van der Waals surface area contributed by atoms with Gasteiger partial charge >= 0.3 is 0 Å². The number of carbonyl (C=O) groups excluding carboxylic acids is 1. The molecular weight excluding hydrogens is 351 g/mol. The van der Waals surface area contributed by atoms with E-state index in [2.05, 4.69) is 5.32 Å². The molecule has 0 spiro atoms. The number of halogens is 2. The third-order valence-corrected chi connectivity index (χ3v) is 4.25. The van der Waals surface area contributed by atoms with Crippen LogP contribution in [0.3, 0.4) is 0 Å². The van der Waals surface area contributed by atoms with Crippen LogP contribution in [-0.2, 0) is 11.3 Å². The molecule has 1 aliphatic heterocycles. The van der Waals surface area contributed by atoms with E-state index in [0.29, 0.717) is 33.8 Å². The van der Waals surface area contributed by atoms with Crippen LogP contribution in [0.25, 0.3) is 0 Å². The number of likely N-dealkylation sites (N-methyl/N-ethyl adjacent to an activating group) is 1. The zero-order chi connectivity index (χ0) is 17.1. The molecule has 0 aliphatic carbocycles. The first-order valence-corrected chi connectivity index (χ1v) is 8.09. The molecule has 0 fully saturated rings. The Morgan fingerprint density at radius 3 is 2.71 bits per heavy atom. The van der Waals surface area contributed by atoms with Gasteiger partial charge < -0.3 is 14.8 Å². The lowest BCUT2D eigenvalue weighted by atomic mass is 10.2. The van der Waals surface area contributed by atoms with E-state index in [4.69, 9.17) is 32.7 Å². The fourth-order valence-corrected chi connectivity index (χ4v) is 2.75. The molecule has 0 aromatic heterocycles. The number of amides is 1. The van der Waals surface area contributed by atoms with E-state index >= 15 is 0 Å². The third kappa shape index (κ3) is 4.12. The number of ether oxygens (including phenoxy) is 2. The van der Waals surface area contributed by atoms with Crippen molar-refractivity contribution in [2.24, 2.45) is 0 Å². The summed E-state index contributed by atoms with van der Waals surface area (Å²) < 4.78 is 10.5. The maximum atomic E-state index is 12.2. The molecule has 1 amide bonds. The topological polar surface area (TPSA) is 50.8 Å². The van der Waals surface area contributed by atoms with Gasteiger partial charge in [-0.2, -0.15) is 0 Å². The van der Waals surface area contributed by atoms with Crippen molar-refractivity contribution >= 4 is 34.8 Å². The van der Waals surface area contributed by atoms with Crippen LogP contribution in [0.5, 0.6) is 11.5 Å². The first-order chi connectivity index (χ1) is 11.5. The highest BCUT2D eigenvalue weighted by Crippen LogP contribution is 2.34. The predicted molar refractivity (Wildman–Crippen MR) is 94.0 cm³/mol. The summed E-state index contributed by atoms with van der Waals surface area (Å²) in [5.41, 5.74) is 1.66. The van der Waals surface area contributed by atoms with Crippen molar-refractivity contribution in [1.82, 2.24) is 4.90 Å². The van der Waals surface area contributed by atoms with Gasteiger partial charge in [0.1, 0.15) is 0 Å². The van der Waals surface area contributed by atoms with E-state index in [9.17, 15) is 4.79 Å². The van der Waals surface area contributed by atoms with Crippen LogP contribution in [-0.4, -0.2) is 31.2 Å². The van der Waals surface area contributed by atoms with E-state index in [1.807, 2.05) is 18.0 Å². The summed E-state index contributed by atoms with van der Waals surface area (Å²) in [6.07, 6.45) is 0. The van der Waals surface area contributed by atoms with Gasteiger partial charge in [0.15, 0.2) is 11.5 Å². The van der Waals surface area contributed by atoms with Gasteiger partial charge in [-0.1, -0.05) is 29.3 Å². The number of hydrogen-bond donors (Lipinski definition) is 1. The van der Waals surface area contributed by atoms with Crippen LogP contribution in [0, 0.1) is 0 Å². The number of rotatable bonds is 5. The van der Waals surface area contributed by atoms with E-state index in [1.54, 1.807) is 30.3 Å². The van der Waals surface area contributed by atoms with Crippen molar-refractivity contribution in [3.63, 3.8) is 0 Å². The molecule has 5 nitrogen and oxygen atoms in total. The molecule has 1 N–H and O–H groups in total. The van der Waals surface area contributed by atoms with Crippen LogP contribution < -0.4 is 14.8 Å². The number of hydrogen-bond acceptors (Lipinski definition) is 4. The van der Waals surface area contributed by atoms with Gasteiger partial charge in [-0.15, -0.1) is 0 Å². The molecule has 0 radical (unpaired) electrons. The van der Waals surface area contributed by atoms with Gasteiger partial charge in [-0.25, -0.2) is 0 Å². The van der Waals surface area contributed by atoms with Crippen LogP contribution in [0.4, 0.5) is 5.69 Å². The lowest BCUT2D eigenvalue weighted by Gasteiger charge is -2.17. The summed E-state index contributed by atoms with van der Waals surface area (Å²) in [4.78, 5) is 14.1. The predicted octanol–water partition coefficient (Wildman–Crippen LogP) is 3.79. The minimum Gasteiger partial charge on any atom is -0.454 e. The third-order valence-electron chi connectivity index (χ3n) is 3.51. The smallest absolute Gasteiger partial charge is 0.238 e. The minimum absolute atomic E-state index is 0.114. The van der Waals surface area contributed by atoms with E-state index in [-0.39, 0.29) is 19.2 Å². The number of fused-ring (bicyclic) bond motifs is 1. The first kappa shape index (κ1) is 16.9. The Morgan fingerprint density at radius 2 is 1.92 bits per heavy atom. The Bertz CT molecular complexity index is 767. The van der Waals surface area contributed by atoms with Crippen LogP contribution >= 0.6 is 23.2 Å². The van der Waals surface area contributed by atoms with Crippen molar-refractivity contribution in [2.45, 2.75) is 6.54 Å². The lowest BCUT2D eigenvalue weighted by Crippen LogP contribution is -2.29. The number of nitrogens with zero attached hydrogens (tertiary/aromatic N) is 1. The summed E-state index contributed by atoms with van der Waals surface area (Å²) >= 11 is 11.9. The highest BCUT2D eigenvalue weighted by molar-refractivity contribution is 6.42. The summed E-state index contributed by atoms with van der Waals surface area (Å²) in [7, 11) is 1.86. The van der Waals surface area contributed by atoms with Crippen LogP contribution in [0.1, 0.15) is 5.56 Å². The largest absolute Gasteiger partial charge is 0.454 e. The second kappa shape index (κ2) is 7.30. The number of anilines is 1. The fraction of sp³-hybridized carbons (Fsp3) is 0.235. The maximum Gasteiger partial charge on any atom is 0.238 e. The van der Waals surface area contributed by atoms with Crippen molar-refractivity contribution in [3.8, 4) is 11.5 Å². The van der Waals surface area contributed by atoms with Gasteiger partial charge in [0.05, 0.1) is 16.6 Å². The Labute approximate surface area is 150 Å². The molecular formula is C17H16Cl2N2O3. The minimum atomic E-state index is -0.114. The summed E-state index contributed by atoms with van der Waals surface area (Å²) in [5.74, 6) is 1.21. The SMILES string of the molecule is CN(CC(=O)Nc1ccc2c(c1)OCO2)Cc1ccc(Cl)c(Cl)c1. The molecule has 0 unspecified atom stereocenters. The second-order valence-corrected chi connectivity index (χ2v) is 6.35. The van der Waals surface area contributed by atoms with E-state index < -0.39 is 0 Å². The van der Waals surface area contributed by atoms with Crippen LogP contribution in [0.15, 0.2) is 36.4 Å². The molecule has 0 atom stereocenters. The zero-order valence-electron chi connectivity index (χ0n) is 13.0. The molecule has 0 saturated carbocycles. The molecule has 7 heteroatoms. The molecule has 2 aromatic carbocycles. The normalized spacial score (nSPS) is 12.5. The van der Waals surface area contributed by atoms with Crippen molar-refractivity contribution in [1.29, 1.82) is 0 Å². The average molecular weight is 367 g/mol.